The zero-order valence-corrected chi connectivity index (χ0v) is 9.14. The van der Waals surface area contributed by atoms with Gasteiger partial charge in [-0.2, -0.15) is 0 Å². The van der Waals surface area contributed by atoms with Crippen molar-refractivity contribution in [1.82, 2.24) is 10.3 Å². The maximum atomic E-state index is 5.86. The molecule has 1 N–H and O–H groups in total. The van der Waals surface area contributed by atoms with Crippen LogP contribution in [0.4, 0.5) is 0 Å². The van der Waals surface area contributed by atoms with Crippen LogP contribution < -0.4 is 5.32 Å². The van der Waals surface area contributed by atoms with Crippen LogP contribution in [0, 0.1) is 0 Å². The first kappa shape index (κ1) is 11.7. The number of aromatic nitrogens is 1. The Bertz CT molecular complexity index is 292. The third-order valence-corrected chi connectivity index (χ3v) is 2.40. The maximum absolute atomic E-state index is 5.86. The minimum absolute atomic E-state index is 0. The van der Waals surface area contributed by atoms with Crippen molar-refractivity contribution in [2.24, 2.45) is 0 Å². The zero-order chi connectivity index (χ0) is 9.10. The fourth-order valence-corrected chi connectivity index (χ4v) is 1.29. The molecule has 0 unspecified atom stereocenters. The quantitative estimate of drug-likeness (QED) is 0.809. The molecule has 0 bridgehead atoms. The van der Waals surface area contributed by atoms with Gasteiger partial charge in [0.1, 0.15) is 5.15 Å². The van der Waals surface area contributed by atoms with Gasteiger partial charge in [0, 0.05) is 24.8 Å². The van der Waals surface area contributed by atoms with Crippen molar-refractivity contribution < 1.29 is 4.74 Å². The van der Waals surface area contributed by atoms with Crippen LogP contribution in [0.25, 0.3) is 0 Å². The Morgan fingerprint density at radius 1 is 1.57 bits per heavy atom. The predicted molar refractivity (Wildman–Crippen MR) is 57.9 cm³/mol. The number of hydrogen-bond donors (Lipinski definition) is 1. The van der Waals surface area contributed by atoms with Gasteiger partial charge in [0.15, 0.2) is 0 Å². The summed E-state index contributed by atoms with van der Waals surface area (Å²) >= 11 is 5.86. The fourth-order valence-electron chi connectivity index (χ4n) is 1.11. The molecule has 1 aromatic heterocycles. The van der Waals surface area contributed by atoms with Crippen LogP contribution in [0.1, 0.15) is 5.56 Å². The summed E-state index contributed by atoms with van der Waals surface area (Å²) in [7, 11) is 0. The van der Waals surface area contributed by atoms with Crippen LogP contribution >= 0.6 is 24.0 Å². The molecule has 0 saturated carbocycles. The molecule has 1 aromatic rings. The van der Waals surface area contributed by atoms with Gasteiger partial charge in [-0.3, -0.25) is 0 Å². The minimum Gasteiger partial charge on any atom is -0.371 e. The van der Waals surface area contributed by atoms with E-state index in [9.17, 15) is 0 Å². The van der Waals surface area contributed by atoms with Gasteiger partial charge >= 0.3 is 0 Å². The van der Waals surface area contributed by atoms with Gasteiger partial charge in [0.05, 0.1) is 12.7 Å². The molecule has 0 radical (unpaired) electrons. The number of ether oxygens (including phenoxy) is 1. The minimum atomic E-state index is 0. The predicted octanol–water partition coefficient (Wildman–Crippen LogP) is 1.65. The van der Waals surface area contributed by atoms with Crippen molar-refractivity contribution in [2.75, 3.05) is 13.1 Å². The van der Waals surface area contributed by atoms with E-state index in [1.54, 1.807) is 6.20 Å². The molecule has 0 amide bonds. The van der Waals surface area contributed by atoms with Crippen molar-refractivity contribution in [3.8, 4) is 0 Å². The van der Waals surface area contributed by atoms with Crippen molar-refractivity contribution in [3.63, 3.8) is 0 Å². The number of nitrogens with zero attached hydrogens (tertiary/aromatic N) is 1. The summed E-state index contributed by atoms with van der Waals surface area (Å²) in [6.07, 6.45) is 2.02. The van der Waals surface area contributed by atoms with E-state index in [0.717, 1.165) is 18.7 Å². The summed E-state index contributed by atoms with van der Waals surface area (Å²) in [4.78, 5) is 3.97. The molecule has 1 saturated heterocycles. The topological polar surface area (TPSA) is 34.1 Å². The van der Waals surface area contributed by atoms with Crippen LogP contribution in [0.3, 0.4) is 0 Å². The fraction of sp³-hybridized carbons (Fsp3) is 0.444. The molecule has 1 fully saturated rings. The smallest absolute Gasteiger partial charge is 0.134 e. The van der Waals surface area contributed by atoms with Gasteiger partial charge in [-0.25, -0.2) is 4.98 Å². The zero-order valence-electron chi connectivity index (χ0n) is 7.57. The number of hydrogen-bond acceptors (Lipinski definition) is 3. The lowest BCUT2D eigenvalue weighted by Gasteiger charge is -2.27. The molecule has 3 nitrogen and oxygen atoms in total. The van der Waals surface area contributed by atoms with E-state index in [4.69, 9.17) is 16.3 Å². The highest BCUT2D eigenvalue weighted by Gasteiger charge is 2.17. The molecule has 1 aliphatic heterocycles. The van der Waals surface area contributed by atoms with Crippen molar-refractivity contribution >= 4 is 24.0 Å². The molecule has 5 heteroatoms. The Kier molecular flexibility index (Phi) is 4.62. The molecule has 0 atom stereocenters. The molecule has 2 heterocycles. The molecular formula is C9H12Cl2N2O. The van der Waals surface area contributed by atoms with Crippen LogP contribution in [0.5, 0.6) is 0 Å². The Labute approximate surface area is 94.2 Å². The Morgan fingerprint density at radius 2 is 2.36 bits per heavy atom. The van der Waals surface area contributed by atoms with Gasteiger partial charge in [-0.15, -0.1) is 12.4 Å². The van der Waals surface area contributed by atoms with Gasteiger partial charge in [0.2, 0.25) is 0 Å². The van der Waals surface area contributed by atoms with Crippen molar-refractivity contribution in [1.29, 1.82) is 0 Å². The van der Waals surface area contributed by atoms with E-state index in [1.165, 1.54) is 0 Å². The largest absolute Gasteiger partial charge is 0.371 e. The number of rotatable bonds is 3. The van der Waals surface area contributed by atoms with Crippen molar-refractivity contribution in [3.05, 3.63) is 29.0 Å². The summed E-state index contributed by atoms with van der Waals surface area (Å²) in [5.41, 5.74) is 0.955. The Morgan fingerprint density at radius 3 is 2.93 bits per heavy atom. The molecule has 0 aromatic carbocycles. The van der Waals surface area contributed by atoms with Crippen LogP contribution in [-0.2, 0) is 11.3 Å². The third kappa shape index (κ3) is 2.82. The first-order valence-corrected chi connectivity index (χ1v) is 4.66. The second kappa shape index (κ2) is 5.51. The summed E-state index contributed by atoms with van der Waals surface area (Å²) in [6, 6.07) is 3.80. The van der Waals surface area contributed by atoms with E-state index in [1.807, 2.05) is 12.1 Å². The lowest BCUT2D eigenvalue weighted by atomic mass is 10.2. The van der Waals surface area contributed by atoms with Gasteiger partial charge in [-0.1, -0.05) is 17.7 Å². The number of nitrogens with one attached hydrogen (secondary N) is 1. The highest BCUT2D eigenvalue weighted by Crippen LogP contribution is 2.13. The molecule has 14 heavy (non-hydrogen) atoms. The first-order chi connectivity index (χ1) is 6.36. The van der Waals surface area contributed by atoms with Gasteiger partial charge in [-0.05, 0) is 6.07 Å². The molecule has 2 rings (SSSR count). The normalized spacial score (nSPS) is 15.8. The second-order valence-corrected chi connectivity index (χ2v) is 3.40. The van der Waals surface area contributed by atoms with Crippen molar-refractivity contribution in [2.45, 2.75) is 12.7 Å². The Balaban J connectivity index is 0.000000980. The monoisotopic (exact) mass is 234 g/mol. The number of halogens is 2. The van der Waals surface area contributed by atoms with Gasteiger partial charge < -0.3 is 10.1 Å². The highest BCUT2D eigenvalue weighted by molar-refractivity contribution is 6.30. The summed E-state index contributed by atoms with van der Waals surface area (Å²) in [6.45, 7) is 2.44. The van der Waals surface area contributed by atoms with Crippen LogP contribution in [0.15, 0.2) is 18.3 Å². The summed E-state index contributed by atoms with van der Waals surface area (Å²) in [5, 5.41) is 3.68. The lowest BCUT2D eigenvalue weighted by molar-refractivity contribution is 0.00751. The average molecular weight is 235 g/mol. The van der Waals surface area contributed by atoms with E-state index in [0.29, 0.717) is 17.9 Å². The summed E-state index contributed by atoms with van der Waals surface area (Å²) < 4.78 is 5.56. The maximum Gasteiger partial charge on any atom is 0.134 e. The molecule has 78 valence electrons. The standard InChI is InChI=1S/C9H11ClN2O.ClH/c10-9-7(2-1-3-12-9)6-13-8-4-11-5-8;/h1-3,8,11H,4-6H2;1H. The molecular weight excluding hydrogens is 223 g/mol. The van der Waals surface area contributed by atoms with E-state index in [2.05, 4.69) is 10.3 Å². The SMILES string of the molecule is Cl.Clc1ncccc1COC1CNC1. The molecule has 1 aliphatic rings. The van der Waals surface area contributed by atoms with E-state index in [-0.39, 0.29) is 12.4 Å². The second-order valence-electron chi connectivity index (χ2n) is 3.04. The first-order valence-electron chi connectivity index (χ1n) is 4.28. The number of pyridine rings is 1. The van der Waals surface area contributed by atoms with E-state index >= 15 is 0 Å². The van der Waals surface area contributed by atoms with Crippen LogP contribution in [0.2, 0.25) is 5.15 Å². The third-order valence-electron chi connectivity index (χ3n) is 2.05. The highest BCUT2D eigenvalue weighted by atomic mass is 35.5. The van der Waals surface area contributed by atoms with E-state index < -0.39 is 0 Å². The molecule has 0 spiro atoms. The van der Waals surface area contributed by atoms with Crippen LogP contribution in [-0.4, -0.2) is 24.2 Å². The Hall–Kier alpha value is -0.350. The van der Waals surface area contributed by atoms with Gasteiger partial charge in [0.25, 0.3) is 0 Å². The summed E-state index contributed by atoms with van der Waals surface area (Å²) in [5.74, 6) is 0. The lowest BCUT2D eigenvalue weighted by Crippen LogP contribution is -2.48. The average Bonchev–Trinajstić information content (AvgIpc) is 2.05. The molecule has 0 aliphatic carbocycles.